The van der Waals surface area contributed by atoms with Crippen molar-refractivity contribution in [1.29, 1.82) is 0 Å². The number of thiophene rings is 1. The topological polar surface area (TPSA) is 35.6 Å². The molecule has 2 fully saturated rings. The predicted octanol–water partition coefficient (Wildman–Crippen LogP) is 2.44. The smallest absolute Gasteiger partial charge is 0.241 e. The molecule has 0 spiro atoms. The van der Waals surface area contributed by atoms with Crippen LogP contribution in [0.25, 0.3) is 0 Å². The molecule has 0 bridgehead atoms. The van der Waals surface area contributed by atoms with Gasteiger partial charge in [-0.1, -0.05) is 6.92 Å². The Labute approximate surface area is 131 Å². The van der Waals surface area contributed by atoms with E-state index in [0.29, 0.717) is 0 Å². The van der Waals surface area contributed by atoms with Gasteiger partial charge in [0.2, 0.25) is 5.91 Å². The number of hydrogen-bond donors (Lipinski definition) is 1. The van der Waals surface area contributed by atoms with Crippen LogP contribution in [0.3, 0.4) is 0 Å². The maximum absolute atomic E-state index is 12.5. The first kappa shape index (κ1) is 15.0. The number of rotatable bonds is 6. The maximum atomic E-state index is 12.5. The summed E-state index contributed by atoms with van der Waals surface area (Å²) in [7, 11) is 0. The van der Waals surface area contributed by atoms with Crippen molar-refractivity contribution in [2.45, 2.75) is 44.8 Å². The van der Waals surface area contributed by atoms with Crippen LogP contribution < -0.4 is 5.32 Å². The lowest BCUT2D eigenvalue weighted by molar-refractivity contribution is -0.130. The molecule has 1 aromatic rings. The van der Waals surface area contributed by atoms with Crippen LogP contribution >= 0.6 is 11.3 Å². The van der Waals surface area contributed by atoms with Crippen LogP contribution in [-0.2, 0) is 4.79 Å². The van der Waals surface area contributed by atoms with Gasteiger partial charge in [-0.05, 0) is 67.7 Å². The molecule has 0 radical (unpaired) electrons. The van der Waals surface area contributed by atoms with Crippen LogP contribution in [0.4, 0.5) is 0 Å². The van der Waals surface area contributed by atoms with Gasteiger partial charge in [0.25, 0.3) is 0 Å². The Morgan fingerprint density at radius 2 is 2.14 bits per heavy atom. The van der Waals surface area contributed by atoms with Gasteiger partial charge in [-0.15, -0.1) is 0 Å². The third-order valence-corrected chi connectivity index (χ3v) is 5.29. The minimum absolute atomic E-state index is 0.0123. The van der Waals surface area contributed by atoms with Gasteiger partial charge >= 0.3 is 0 Å². The zero-order valence-electron chi connectivity index (χ0n) is 12.8. The molecule has 116 valence electrons. The van der Waals surface area contributed by atoms with E-state index in [4.69, 9.17) is 0 Å². The van der Waals surface area contributed by atoms with Crippen molar-refractivity contribution in [3.8, 4) is 0 Å². The molecule has 3 rings (SSSR count). The van der Waals surface area contributed by atoms with Crippen LogP contribution in [-0.4, -0.2) is 47.9 Å². The molecule has 2 saturated heterocycles. The fraction of sp³-hybridized carbons (Fsp3) is 0.688. The van der Waals surface area contributed by atoms with Crippen LogP contribution in [0.2, 0.25) is 0 Å². The van der Waals surface area contributed by atoms with Crippen molar-refractivity contribution >= 4 is 17.2 Å². The number of carbonyl (C=O) groups is 1. The molecule has 2 unspecified atom stereocenters. The lowest BCUT2D eigenvalue weighted by Crippen LogP contribution is -2.33. The Bertz CT molecular complexity index is 456. The molecule has 5 heteroatoms. The minimum atomic E-state index is -0.0123. The second-order valence-electron chi connectivity index (χ2n) is 6.02. The zero-order valence-corrected chi connectivity index (χ0v) is 13.6. The van der Waals surface area contributed by atoms with Gasteiger partial charge in [0.05, 0.1) is 6.04 Å². The quantitative estimate of drug-likeness (QED) is 0.877. The Kier molecular flexibility index (Phi) is 4.93. The first-order chi connectivity index (χ1) is 10.3. The summed E-state index contributed by atoms with van der Waals surface area (Å²) in [5.74, 6) is 0.273. The molecule has 0 aliphatic carbocycles. The molecule has 2 atom stereocenters. The van der Waals surface area contributed by atoms with Gasteiger partial charge in [0.15, 0.2) is 0 Å². The zero-order chi connectivity index (χ0) is 14.7. The lowest BCUT2D eigenvalue weighted by Gasteiger charge is -2.25. The summed E-state index contributed by atoms with van der Waals surface area (Å²) in [5.41, 5.74) is 1.23. The third kappa shape index (κ3) is 3.30. The van der Waals surface area contributed by atoms with Crippen LogP contribution in [0.1, 0.15) is 44.3 Å². The molecular formula is C16H25N3OS. The van der Waals surface area contributed by atoms with Crippen LogP contribution in [0.15, 0.2) is 16.8 Å². The van der Waals surface area contributed by atoms with Crippen molar-refractivity contribution in [1.82, 2.24) is 15.1 Å². The van der Waals surface area contributed by atoms with E-state index in [1.54, 1.807) is 11.3 Å². The Morgan fingerprint density at radius 3 is 2.81 bits per heavy atom. The van der Waals surface area contributed by atoms with Crippen LogP contribution in [0.5, 0.6) is 0 Å². The average molecular weight is 307 g/mol. The first-order valence-electron chi connectivity index (χ1n) is 8.10. The van der Waals surface area contributed by atoms with Gasteiger partial charge in [0.1, 0.15) is 6.17 Å². The van der Waals surface area contributed by atoms with Gasteiger partial charge in [-0.3, -0.25) is 10.1 Å². The number of hydrogen-bond acceptors (Lipinski definition) is 4. The van der Waals surface area contributed by atoms with Crippen molar-refractivity contribution in [3.05, 3.63) is 22.4 Å². The summed E-state index contributed by atoms with van der Waals surface area (Å²) < 4.78 is 0. The summed E-state index contributed by atoms with van der Waals surface area (Å²) >= 11 is 1.70. The molecular weight excluding hydrogens is 282 g/mol. The van der Waals surface area contributed by atoms with E-state index in [9.17, 15) is 4.79 Å². The number of nitrogens with zero attached hydrogens (tertiary/aromatic N) is 2. The van der Waals surface area contributed by atoms with E-state index in [1.807, 2.05) is 4.90 Å². The summed E-state index contributed by atoms with van der Waals surface area (Å²) in [5, 5.41) is 7.73. The third-order valence-electron chi connectivity index (χ3n) is 4.59. The molecule has 2 aliphatic heterocycles. The Morgan fingerprint density at radius 1 is 1.33 bits per heavy atom. The van der Waals surface area contributed by atoms with Crippen molar-refractivity contribution in [3.63, 3.8) is 0 Å². The molecule has 1 amide bonds. The summed E-state index contributed by atoms with van der Waals surface area (Å²) in [6.07, 6.45) is 4.68. The van der Waals surface area contributed by atoms with E-state index >= 15 is 0 Å². The molecule has 1 aromatic heterocycles. The highest BCUT2D eigenvalue weighted by atomic mass is 32.1. The van der Waals surface area contributed by atoms with Gasteiger partial charge in [0, 0.05) is 6.54 Å². The van der Waals surface area contributed by atoms with Crippen molar-refractivity contribution < 1.29 is 4.79 Å². The lowest BCUT2D eigenvalue weighted by atomic mass is 10.2. The molecule has 3 heterocycles. The van der Waals surface area contributed by atoms with E-state index in [-0.39, 0.29) is 18.1 Å². The SMILES string of the molecule is CCC1NC(c2ccsc2)N(CCCN2CCCC2)C1=O. The maximum Gasteiger partial charge on any atom is 0.241 e. The van der Waals surface area contributed by atoms with E-state index in [0.717, 1.165) is 25.9 Å². The van der Waals surface area contributed by atoms with E-state index in [2.05, 4.69) is 34.0 Å². The second-order valence-corrected chi connectivity index (χ2v) is 6.80. The van der Waals surface area contributed by atoms with Gasteiger partial charge < -0.3 is 9.80 Å². The Balaban J connectivity index is 1.60. The van der Waals surface area contributed by atoms with E-state index < -0.39 is 0 Å². The molecule has 0 saturated carbocycles. The fourth-order valence-electron chi connectivity index (χ4n) is 3.39. The number of likely N-dealkylation sites (tertiary alicyclic amines) is 1. The normalized spacial score (nSPS) is 26.9. The minimum Gasteiger partial charge on any atom is -0.321 e. The number of nitrogens with one attached hydrogen (secondary N) is 1. The summed E-state index contributed by atoms with van der Waals surface area (Å²) in [4.78, 5) is 17.1. The van der Waals surface area contributed by atoms with Crippen LogP contribution in [0, 0.1) is 0 Å². The summed E-state index contributed by atoms with van der Waals surface area (Å²) in [6.45, 7) is 6.53. The largest absolute Gasteiger partial charge is 0.321 e. The fourth-order valence-corrected chi connectivity index (χ4v) is 4.07. The van der Waals surface area contributed by atoms with Gasteiger partial charge in [-0.2, -0.15) is 11.3 Å². The molecule has 1 N–H and O–H groups in total. The molecule has 4 nitrogen and oxygen atoms in total. The van der Waals surface area contributed by atoms with Crippen molar-refractivity contribution in [2.75, 3.05) is 26.2 Å². The highest BCUT2D eigenvalue weighted by Crippen LogP contribution is 2.28. The highest BCUT2D eigenvalue weighted by molar-refractivity contribution is 7.07. The first-order valence-corrected chi connectivity index (χ1v) is 9.05. The number of amides is 1. The molecule has 2 aliphatic rings. The van der Waals surface area contributed by atoms with Crippen molar-refractivity contribution in [2.24, 2.45) is 0 Å². The van der Waals surface area contributed by atoms with Gasteiger partial charge in [-0.25, -0.2) is 0 Å². The Hall–Kier alpha value is -0.910. The predicted molar refractivity (Wildman–Crippen MR) is 86.3 cm³/mol. The monoisotopic (exact) mass is 307 g/mol. The highest BCUT2D eigenvalue weighted by Gasteiger charge is 2.38. The molecule has 21 heavy (non-hydrogen) atoms. The average Bonchev–Trinajstić information content (AvgIpc) is 3.21. The number of carbonyl (C=O) groups excluding carboxylic acids is 1. The second kappa shape index (κ2) is 6.90. The molecule has 0 aromatic carbocycles. The summed E-state index contributed by atoms with van der Waals surface area (Å²) in [6, 6.07) is 2.11. The standard InChI is InChI=1S/C16H25N3OS/c1-2-14-16(20)19(10-5-9-18-7-3-4-8-18)15(17-14)13-6-11-21-12-13/h6,11-12,14-15,17H,2-5,7-10H2,1H3. The van der Waals surface area contributed by atoms with E-state index in [1.165, 1.54) is 31.5 Å².